The van der Waals surface area contributed by atoms with Crippen LogP contribution in [0.1, 0.15) is 15.9 Å². The molecule has 164 valence electrons. The molecule has 2 aromatic rings. The van der Waals surface area contributed by atoms with Gasteiger partial charge in [0.1, 0.15) is 6.61 Å². The molecular weight excluding hydrogens is 452 g/mol. The number of amides is 1. The molecule has 0 N–H and O–H groups in total. The molecular formula is C23H19ClN2O5S. The summed E-state index contributed by atoms with van der Waals surface area (Å²) in [6.07, 6.45) is 6.94. The molecule has 1 aliphatic heterocycles. The molecule has 1 amide bonds. The van der Waals surface area contributed by atoms with Crippen molar-refractivity contribution in [2.75, 3.05) is 27.9 Å². The average Bonchev–Trinajstić information content (AvgIpc) is 3.05. The summed E-state index contributed by atoms with van der Waals surface area (Å²) in [5.74, 6) is 2.49. The van der Waals surface area contributed by atoms with Gasteiger partial charge in [0, 0.05) is 7.05 Å². The van der Waals surface area contributed by atoms with Crippen LogP contribution in [0.5, 0.6) is 11.5 Å². The van der Waals surface area contributed by atoms with Gasteiger partial charge in [0.05, 0.1) is 35.4 Å². The van der Waals surface area contributed by atoms with Crippen molar-refractivity contribution in [1.82, 2.24) is 4.90 Å². The third-order valence-corrected chi connectivity index (χ3v) is 5.71. The number of hydrogen-bond donors (Lipinski definition) is 0. The number of carbonyl (C=O) groups excluding carboxylic acids is 2. The molecule has 2 aromatic carbocycles. The fraction of sp³-hybridized carbons (Fsp3) is 0.174. The fourth-order valence-electron chi connectivity index (χ4n) is 2.78. The fourth-order valence-corrected chi connectivity index (χ4v) is 4.04. The van der Waals surface area contributed by atoms with E-state index >= 15 is 0 Å². The quantitative estimate of drug-likeness (QED) is 0.354. The SMILES string of the molecule is C#CCOc1c(Cl)cc(/C=C2\SC(=Nc3ccc(C(=O)OC)cc3)N(C)C2=O)cc1OC. The second-order valence-corrected chi connectivity index (χ2v) is 7.85. The van der Waals surface area contributed by atoms with E-state index in [1.807, 2.05) is 0 Å². The summed E-state index contributed by atoms with van der Waals surface area (Å²) in [6, 6.07) is 9.96. The van der Waals surface area contributed by atoms with Crippen molar-refractivity contribution in [3.63, 3.8) is 0 Å². The Hall–Kier alpha value is -3.41. The van der Waals surface area contributed by atoms with Gasteiger partial charge in [0.2, 0.25) is 0 Å². The highest BCUT2D eigenvalue weighted by Crippen LogP contribution is 2.39. The number of likely N-dealkylation sites (N-methyl/N-ethyl adjacent to an activating group) is 1. The van der Waals surface area contributed by atoms with Crippen LogP contribution in [-0.4, -0.2) is 49.8 Å². The Labute approximate surface area is 195 Å². The maximum Gasteiger partial charge on any atom is 0.337 e. The van der Waals surface area contributed by atoms with Gasteiger partial charge in [-0.15, -0.1) is 6.42 Å². The minimum absolute atomic E-state index is 0.0517. The lowest BCUT2D eigenvalue weighted by Gasteiger charge is -2.11. The third kappa shape index (κ3) is 5.07. The Morgan fingerprint density at radius 2 is 2.00 bits per heavy atom. The largest absolute Gasteiger partial charge is 0.493 e. The highest BCUT2D eigenvalue weighted by atomic mass is 35.5. The van der Waals surface area contributed by atoms with E-state index in [9.17, 15) is 9.59 Å². The molecule has 0 atom stereocenters. The van der Waals surface area contributed by atoms with Crippen LogP contribution in [0.15, 0.2) is 46.3 Å². The molecule has 1 fully saturated rings. The summed E-state index contributed by atoms with van der Waals surface area (Å²) >= 11 is 7.54. The average molecular weight is 471 g/mol. The number of hydrogen-bond acceptors (Lipinski definition) is 7. The number of esters is 1. The van der Waals surface area contributed by atoms with Crippen LogP contribution in [0, 0.1) is 12.3 Å². The molecule has 0 radical (unpaired) electrons. The second-order valence-electron chi connectivity index (χ2n) is 6.43. The molecule has 0 aliphatic carbocycles. The highest BCUT2D eigenvalue weighted by Gasteiger charge is 2.30. The Kier molecular flexibility index (Phi) is 7.46. The molecule has 9 heteroatoms. The minimum Gasteiger partial charge on any atom is -0.493 e. The molecule has 3 rings (SSSR count). The molecule has 1 aliphatic rings. The predicted molar refractivity (Wildman–Crippen MR) is 126 cm³/mol. The number of halogens is 1. The zero-order chi connectivity index (χ0) is 23.3. The monoisotopic (exact) mass is 470 g/mol. The number of rotatable bonds is 6. The number of benzene rings is 2. The maximum absolute atomic E-state index is 12.7. The summed E-state index contributed by atoms with van der Waals surface area (Å²) in [5.41, 5.74) is 1.68. The van der Waals surface area contributed by atoms with Crippen LogP contribution in [0.2, 0.25) is 5.02 Å². The first-order valence-electron chi connectivity index (χ1n) is 9.26. The van der Waals surface area contributed by atoms with Gasteiger partial charge < -0.3 is 14.2 Å². The Bertz CT molecular complexity index is 1150. The number of amidine groups is 1. The number of ether oxygens (including phenoxy) is 3. The van der Waals surface area contributed by atoms with Crippen molar-refractivity contribution < 1.29 is 23.8 Å². The standard InChI is InChI=1S/C23H19ClN2O5S/c1-5-10-31-20-17(24)11-14(12-18(20)29-3)13-19-21(27)26(2)23(32-19)25-16-8-6-15(7-9-16)22(28)30-4/h1,6-9,11-13H,10H2,2-4H3/b19-13-,25-23?. The van der Waals surface area contributed by atoms with Gasteiger partial charge in [-0.2, -0.15) is 0 Å². The summed E-state index contributed by atoms with van der Waals surface area (Å²) in [7, 11) is 4.45. The van der Waals surface area contributed by atoms with E-state index in [4.69, 9.17) is 27.5 Å². The lowest BCUT2D eigenvalue weighted by atomic mass is 10.2. The molecule has 0 saturated carbocycles. The van der Waals surface area contributed by atoms with Gasteiger partial charge >= 0.3 is 5.97 Å². The number of aliphatic imine (C=N–C) groups is 1. The van der Waals surface area contributed by atoms with Crippen molar-refractivity contribution in [2.45, 2.75) is 0 Å². The molecule has 32 heavy (non-hydrogen) atoms. The minimum atomic E-state index is -0.429. The van der Waals surface area contributed by atoms with E-state index in [2.05, 4.69) is 15.6 Å². The van der Waals surface area contributed by atoms with Crippen molar-refractivity contribution in [2.24, 2.45) is 4.99 Å². The molecule has 0 aromatic heterocycles. The van der Waals surface area contributed by atoms with Gasteiger partial charge in [0.15, 0.2) is 16.7 Å². The van der Waals surface area contributed by atoms with E-state index in [1.54, 1.807) is 49.5 Å². The van der Waals surface area contributed by atoms with E-state index < -0.39 is 5.97 Å². The van der Waals surface area contributed by atoms with Crippen molar-refractivity contribution in [3.8, 4) is 23.8 Å². The summed E-state index contributed by atoms with van der Waals surface area (Å²) in [4.78, 5) is 30.7. The molecule has 1 saturated heterocycles. The number of methoxy groups -OCH3 is 2. The highest BCUT2D eigenvalue weighted by molar-refractivity contribution is 8.18. The summed E-state index contributed by atoms with van der Waals surface area (Å²) in [6.45, 7) is 0.0517. The zero-order valence-corrected chi connectivity index (χ0v) is 19.1. The van der Waals surface area contributed by atoms with Crippen LogP contribution in [0.4, 0.5) is 5.69 Å². The smallest absolute Gasteiger partial charge is 0.337 e. The zero-order valence-electron chi connectivity index (χ0n) is 17.5. The number of terminal acetylenes is 1. The van der Waals surface area contributed by atoms with Crippen LogP contribution in [0.25, 0.3) is 6.08 Å². The van der Waals surface area contributed by atoms with E-state index in [-0.39, 0.29) is 12.5 Å². The van der Waals surface area contributed by atoms with Gasteiger partial charge in [-0.1, -0.05) is 17.5 Å². The number of nitrogens with zero attached hydrogens (tertiary/aromatic N) is 2. The molecule has 0 spiro atoms. The Morgan fingerprint density at radius 3 is 2.62 bits per heavy atom. The lowest BCUT2D eigenvalue weighted by molar-refractivity contribution is -0.121. The van der Waals surface area contributed by atoms with E-state index in [1.165, 1.54) is 30.9 Å². The Morgan fingerprint density at radius 1 is 1.28 bits per heavy atom. The van der Waals surface area contributed by atoms with Gasteiger partial charge in [-0.25, -0.2) is 9.79 Å². The Balaban J connectivity index is 1.87. The van der Waals surface area contributed by atoms with Gasteiger partial charge in [-0.3, -0.25) is 9.69 Å². The topological polar surface area (TPSA) is 77.4 Å². The third-order valence-electron chi connectivity index (χ3n) is 4.37. The molecule has 7 nitrogen and oxygen atoms in total. The van der Waals surface area contributed by atoms with Gasteiger partial charge in [-0.05, 0) is 59.8 Å². The van der Waals surface area contributed by atoms with Crippen LogP contribution >= 0.6 is 23.4 Å². The number of thioether (sulfide) groups is 1. The first-order valence-corrected chi connectivity index (χ1v) is 10.5. The van der Waals surface area contributed by atoms with Crippen LogP contribution in [-0.2, 0) is 9.53 Å². The molecule has 0 bridgehead atoms. The normalized spacial score (nSPS) is 15.7. The van der Waals surface area contributed by atoms with Gasteiger partial charge in [0.25, 0.3) is 5.91 Å². The van der Waals surface area contributed by atoms with E-state index in [0.717, 1.165) is 0 Å². The lowest BCUT2D eigenvalue weighted by Crippen LogP contribution is -2.23. The predicted octanol–water partition coefficient (Wildman–Crippen LogP) is 4.38. The molecule has 0 unspecified atom stereocenters. The number of carbonyl (C=O) groups is 2. The first kappa shape index (κ1) is 23.3. The first-order chi connectivity index (χ1) is 15.4. The van der Waals surface area contributed by atoms with Crippen molar-refractivity contribution >= 4 is 52.2 Å². The maximum atomic E-state index is 12.7. The van der Waals surface area contributed by atoms with E-state index in [0.29, 0.717) is 43.4 Å². The van der Waals surface area contributed by atoms with Crippen molar-refractivity contribution in [1.29, 1.82) is 0 Å². The molecule has 1 heterocycles. The summed E-state index contributed by atoms with van der Waals surface area (Å²) < 4.78 is 15.5. The van der Waals surface area contributed by atoms with Crippen LogP contribution in [0.3, 0.4) is 0 Å². The van der Waals surface area contributed by atoms with Crippen molar-refractivity contribution in [3.05, 3.63) is 57.5 Å². The summed E-state index contributed by atoms with van der Waals surface area (Å²) in [5, 5.41) is 0.814. The second kappa shape index (κ2) is 10.3. The van der Waals surface area contributed by atoms with Crippen LogP contribution < -0.4 is 9.47 Å².